The van der Waals surface area contributed by atoms with Gasteiger partial charge in [-0.15, -0.1) is 0 Å². The average Bonchev–Trinajstić information content (AvgIpc) is 3.25. The number of nitrogens with zero attached hydrogens (tertiary/aromatic N) is 1. The number of carbonyl (C=O) groups is 3. The summed E-state index contributed by atoms with van der Waals surface area (Å²) in [6.07, 6.45) is 4.50. The number of amides is 2. The number of ether oxygens (including phenoxy) is 2. The Morgan fingerprint density at radius 3 is 2.39 bits per heavy atom. The van der Waals surface area contributed by atoms with Crippen LogP contribution in [0.5, 0.6) is 11.5 Å². The molecule has 0 bridgehead atoms. The van der Waals surface area contributed by atoms with Crippen molar-refractivity contribution in [1.29, 1.82) is 0 Å². The number of benzene rings is 2. The highest BCUT2D eigenvalue weighted by molar-refractivity contribution is 6.05. The van der Waals surface area contributed by atoms with Crippen molar-refractivity contribution in [3.05, 3.63) is 59.7 Å². The van der Waals surface area contributed by atoms with Gasteiger partial charge in [0.15, 0.2) is 17.3 Å². The van der Waals surface area contributed by atoms with E-state index in [2.05, 4.69) is 5.32 Å². The van der Waals surface area contributed by atoms with Crippen LogP contribution in [0.15, 0.2) is 48.5 Å². The van der Waals surface area contributed by atoms with Crippen LogP contribution in [0.4, 0.5) is 5.69 Å². The Balaban J connectivity index is 1.35. The number of nitrogens with one attached hydrogen (secondary N) is 1. The number of Topliss-reactive ketones (excluding diaryl/α,β-unsaturated/α-hetero) is 1. The van der Waals surface area contributed by atoms with Gasteiger partial charge in [0.2, 0.25) is 18.6 Å². The zero-order valence-electron chi connectivity index (χ0n) is 17.3. The molecule has 7 heteroatoms. The Bertz CT molecular complexity index is 1020. The second-order valence-corrected chi connectivity index (χ2v) is 7.64. The van der Waals surface area contributed by atoms with E-state index in [1.165, 1.54) is 6.92 Å². The lowest BCUT2D eigenvalue weighted by Gasteiger charge is -2.30. The van der Waals surface area contributed by atoms with Crippen LogP contribution >= 0.6 is 0 Å². The molecule has 1 saturated heterocycles. The third-order valence-corrected chi connectivity index (χ3v) is 5.55. The Kier molecular flexibility index (Phi) is 6.02. The highest BCUT2D eigenvalue weighted by Crippen LogP contribution is 2.37. The third-order valence-electron chi connectivity index (χ3n) is 5.55. The summed E-state index contributed by atoms with van der Waals surface area (Å²) in [5.74, 6) is 0.390. The van der Waals surface area contributed by atoms with Crippen LogP contribution in [-0.2, 0) is 9.59 Å². The first-order chi connectivity index (χ1) is 15.0. The van der Waals surface area contributed by atoms with Gasteiger partial charge in [-0.25, -0.2) is 0 Å². The largest absolute Gasteiger partial charge is 0.454 e. The number of likely N-dealkylation sites (tertiary alicyclic amines) is 1. The summed E-state index contributed by atoms with van der Waals surface area (Å²) in [7, 11) is 0. The summed E-state index contributed by atoms with van der Waals surface area (Å²) in [4.78, 5) is 39.0. The van der Waals surface area contributed by atoms with E-state index in [0.717, 1.165) is 5.56 Å². The smallest absolute Gasteiger partial charge is 0.246 e. The van der Waals surface area contributed by atoms with Crippen LogP contribution in [0.2, 0.25) is 0 Å². The van der Waals surface area contributed by atoms with E-state index in [4.69, 9.17) is 9.47 Å². The van der Waals surface area contributed by atoms with Crippen molar-refractivity contribution < 1.29 is 23.9 Å². The number of carbonyl (C=O) groups excluding carboxylic acids is 3. The molecule has 0 saturated carbocycles. The summed E-state index contributed by atoms with van der Waals surface area (Å²) in [6.45, 7) is 2.56. The molecule has 2 heterocycles. The van der Waals surface area contributed by atoms with Gasteiger partial charge < -0.3 is 19.7 Å². The van der Waals surface area contributed by atoms with Gasteiger partial charge in [0, 0.05) is 36.7 Å². The van der Waals surface area contributed by atoms with Gasteiger partial charge in [-0.2, -0.15) is 0 Å². The molecule has 2 aromatic carbocycles. The summed E-state index contributed by atoms with van der Waals surface area (Å²) in [6, 6.07) is 12.9. The highest BCUT2D eigenvalue weighted by atomic mass is 16.7. The minimum atomic E-state index is -0.229. The maximum Gasteiger partial charge on any atom is 0.246 e. The molecule has 0 aromatic heterocycles. The zero-order chi connectivity index (χ0) is 21.8. The van der Waals surface area contributed by atoms with Gasteiger partial charge >= 0.3 is 0 Å². The van der Waals surface area contributed by atoms with E-state index >= 15 is 0 Å². The second kappa shape index (κ2) is 9.04. The topological polar surface area (TPSA) is 84.9 Å². The number of anilines is 1. The Morgan fingerprint density at radius 1 is 1.03 bits per heavy atom. The normalized spacial score (nSPS) is 15.8. The molecule has 2 aliphatic rings. The molecule has 1 fully saturated rings. The van der Waals surface area contributed by atoms with Gasteiger partial charge in [-0.3, -0.25) is 14.4 Å². The van der Waals surface area contributed by atoms with E-state index in [1.807, 2.05) is 30.3 Å². The van der Waals surface area contributed by atoms with E-state index < -0.39 is 0 Å². The minimum Gasteiger partial charge on any atom is -0.454 e. The first-order valence-corrected chi connectivity index (χ1v) is 10.3. The molecule has 2 aliphatic heterocycles. The summed E-state index contributed by atoms with van der Waals surface area (Å²) >= 11 is 0. The van der Waals surface area contributed by atoms with E-state index in [-0.39, 0.29) is 30.3 Å². The molecule has 7 nitrogen and oxygen atoms in total. The predicted molar refractivity (Wildman–Crippen MR) is 116 cm³/mol. The maximum absolute atomic E-state index is 12.8. The van der Waals surface area contributed by atoms with Crippen LogP contribution in [-0.4, -0.2) is 42.4 Å². The molecule has 0 spiro atoms. The molecular weight excluding hydrogens is 396 g/mol. The molecule has 4 rings (SSSR count). The van der Waals surface area contributed by atoms with Crippen LogP contribution in [0.3, 0.4) is 0 Å². The lowest BCUT2D eigenvalue weighted by Crippen LogP contribution is -2.40. The van der Waals surface area contributed by atoms with Gasteiger partial charge in [0.25, 0.3) is 0 Å². The predicted octanol–water partition coefficient (Wildman–Crippen LogP) is 3.51. The molecule has 0 aliphatic carbocycles. The zero-order valence-corrected chi connectivity index (χ0v) is 17.3. The fourth-order valence-corrected chi connectivity index (χ4v) is 3.77. The molecule has 0 radical (unpaired) electrons. The van der Waals surface area contributed by atoms with Crippen LogP contribution in [0, 0.1) is 5.92 Å². The first kappa shape index (κ1) is 20.7. The third kappa shape index (κ3) is 4.77. The number of ketones is 1. The number of rotatable bonds is 5. The van der Waals surface area contributed by atoms with Crippen LogP contribution < -0.4 is 14.8 Å². The quantitative estimate of drug-likeness (QED) is 0.591. The molecule has 2 amide bonds. The standard InChI is InChI=1S/C24H24N2O5/c1-16(27)19-13-21-22(31-15-30-21)14-20(19)25-24(29)18-9-11-26(12-10-18)23(28)8-7-17-5-3-2-4-6-17/h2-8,13-14,18H,9-12,15H2,1H3,(H,25,29). The van der Waals surface area contributed by atoms with Crippen molar-refractivity contribution in [1.82, 2.24) is 4.90 Å². The van der Waals surface area contributed by atoms with E-state index in [9.17, 15) is 14.4 Å². The number of piperidine rings is 1. The molecule has 2 aromatic rings. The van der Waals surface area contributed by atoms with Crippen molar-refractivity contribution in [3.63, 3.8) is 0 Å². The fourth-order valence-electron chi connectivity index (χ4n) is 3.77. The number of hydrogen-bond donors (Lipinski definition) is 1. The lowest BCUT2D eigenvalue weighted by molar-refractivity contribution is -0.130. The molecule has 0 atom stereocenters. The van der Waals surface area contributed by atoms with E-state index in [1.54, 1.807) is 29.2 Å². The Labute approximate surface area is 180 Å². The average molecular weight is 420 g/mol. The Hall–Kier alpha value is -3.61. The van der Waals surface area contributed by atoms with Crippen LogP contribution in [0.1, 0.15) is 35.7 Å². The van der Waals surface area contributed by atoms with Crippen molar-refractivity contribution >= 4 is 29.4 Å². The van der Waals surface area contributed by atoms with Gasteiger partial charge in [0.1, 0.15) is 0 Å². The Morgan fingerprint density at radius 2 is 1.71 bits per heavy atom. The number of fused-ring (bicyclic) bond motifs is 1. The van der Waals surface area contributed by atoms with Crippen molar-refractivity contribution in [2.75, 3.05) is 25.2 Å². The van der Waals surface area contributed by atoms with Gasteiger partial charge in [0.05, 0.1) is 5.69 Å². The van der Waals surface area contributed by atoms with Gasteiger partial charge in [-0.1, -0.05) is 30.3 Å². The minimum absolute atomic E-state index is 0.0580. The van der Waals surface area contributed by atoms with Gasteiger partial charge in [-0.05, 0) is 37.5 Å². The van der Waals surface area contributed by atoms with Crippen LogP contribution in [0.25, 0.3) is 6.08 Å². The summed E-state index contributed by atoms with van der Waals surface area (Å²) in [5, 5.41) is 2.87. The highest BCUT2D eigenvalue weighted by Gasteiger charge is 2.28. The summed E-state index contributed by atoms with van der Waals surface area (Å²) < 4.78 is 10.7. The van der Waals surface area contributed by atoms with E-state index in [0.29, 0.717) is 48.7 Å². The fraction of sp³-hybridized carbons (Fsp3) is 0.292. The molecule has 0 unspecified atom stereocenters. The number of hydrogen-bond acceptors (Lipinski definition) is 5. The van der Waals surface area contributed by atoms with Crippen molar-refractivity contribution in [3.8, 4) is 11.5 Å². The van der Waals surface area contributed by atoms with Crippen molar-refractivity contribution in [2.45, 2.75) is 19.8 Å². The summed E-state index contributed by atoms with van der Waals surface area (Å²) in [5.41, 5.74) is 1.78. The molecule has 31 heavy (non-hydrogen) atoms. The lowest BCUT2D eigenvalue weighted by atomic mass is 9.95. The second-order valence-electron chi connectivity index (χ2n) is 7.64. The molecule has 1 N–H and O–H groups in total. The SMILES string of the molecule is CC(=O)c1cc2c(cc1NC(=O)C1CCN(C(=O)C=Cc3ccccc3)CC1)OCO2. The first-order valence-electron chi connectivity index (χ1n) is 10.3. The molecular formula is C24H24N2O5. The monoisotopic (exact) mass is 420 g/mol. The molecule has 160 valence electrons. The van der Waals surface area contributed by atoms with Crippen molar-refractivity contribution in [2.24, 2.45) is 5.92 Å². The maximum atomic E-state index is 12.8.